The molecule has 0 fully saturated rings. The largest absolute Gasteiger partial charge is 0.764 e. The van der Waals surface area contributed by atoms with Crippen molar-refractivity contribution in [1.82, 2.24) is 0 Å². The highest BCUT2D eigenvalue weighted by atomic mass is 16.6. The minimum absolute atomic E-state index is 0.0107. The molecule has 55 heavy (non-hydrogen) atoms. The van der Waals surface area contributed by atoms with Gasteiger partial charge in [0.25, 0.3) is 11.4 Å². The van der Waals surface area contributed by atoms with Crippen molar-refractivity contribution in [3.8, 4) is 11.5 Å². The molecule has 6 rings (SSSR count). The zero-order valence-electron chi connectivity index (χ0n) is 31.6. The molecule has 1 unspecified atom stereocenters. The van der Waals surface area contributed by atoms with Gasteiger partial charge >= 0.3 is 5.97 Å². The molecule has 1 atom stereocenters. The van der Waals surface area contributed by atoms with E-state index in [-0.39, 0.29) is 30.4 Å². The van der Waals surface area contributed by atoms with Crippen LogP contribution in [0.5, 0.6) is 11.5 Å². The fourth-order valence-corrected chi connectivity index (χ4v) is 7.90. The van der Waals surface area contributed by atoms with Crippen molar-refractivity contribution in [2.24, 2.45) is 5.92 Å². The van der Waals surface area contributed by atoms with E-state index in [2.05, 4.69) is 4.90 Å². The summed E-state index contributed by atoms with van der Waals surface area (Å²) in [5, 5.41) is 58.3. The average molecular weight is 753 g/mol. The summed E-state index contributed by atoms with van der Waals surface area (Å²) < 4.78 is 11.0. The van der Waals surface area contributed by atoms with Crippen LogP contribution in [-0.2, 0) is 22.2 Å². The van der Waals surface area contributed by atoms with Crippen LogP contribution in [0, 0.1) is 32.3 Å². The van der Waals surface area contributed by atoms with Crippen molar-refractivity contribution >= 4 is 28.7 Å². The second-order valence-corrected chi connectivity index (χ2v) is 15.1. The van der Waals surface area contributed by atoms with Crippen LogP contribution in [0.3, 0.4) is 0 Å². The first kappa shape index (κ1) is 38.7. The number of nitro benzene ring substituents is 2. The van der Waals surface area contributed by atoms with Crippen LogP contribution >= 0.6 is 0 Å². The minimum Gasteiger partial charge on any atom is -0.764 e. The highest BCUT2D eigenvalue weighted by Crippen LogP contribution is 2.54. The van der Waals surface area contributed by atoms with E-state index in [9.17, 15) is 35.2 Å². The third-order valence-electron chi connectivity index (χ3n) is 10.9. The molecule has 0 saturated heterocycles. The highest BCUT2D eigenvalue weighted by molar-refractivity contribution is 5.75. The van der Waals surface area contributed by atoms with E-state index in [0.717, 1.165) is 34.3 Å². The molecule has 2 aliphatic heterocycles. The number of anilines is 2. The monoisotopic (exact) mass is 752 g/mol. The number of carbonyl (C=O) groups is 1. The number of carboxylic acids is 1. The van der Waals surface area contributed by atoms with Crippen molar-refractivity contribution in [2.75, 3.05) is 30.6 Å². The summed E-state index contributed by atoms with van der Waals surface area (Å²) >= 11 is 0. The molecule has 0 aromatic heterocycles. The van der Waals surface area contributed by atoms with E-state index in [1.165, 1.54) is 12.1 Å². The zero-order chi connectivity index (χ0) is 40.0. The number of nitrogens with zero attached hydrogens (tertiary/aromatic N) is 4. The second kappa shape index (κ2) is 14.7. The summed E-state index contributed by atoms with van der Waals surface area (Å²) in [5.74, 6) is -0.650. The Labute approximate surface area is 318 Å². The van der Waals surface area contributed by atoms with Crippen LogP contribution < -0.4 is 24.4 Å². The number of non-ortho nitro benzene ring substituents is 2. The minimum atomic E-state index is -0.990. The predicted octanol–water partition coefficient (Wildman–Crippen LogP) is 7.36. The Kier molecular flexibility index (Phi) is 10.3. The van der Waals surface area contributed by atoms with Gasteiger partial charge in [-0.05, 0) is 92.0 Å². The number of allylic oxidation sites excluding steroid dienone is 2. The van der Waals surface area contributed by atoms with Gasteiger partial charge in [0.1, 0.15) is 17.4 Å². The quantitative estimate of drug-likeness (QED) is 0.0721. The Bertz CT molecular complexity index is 2120. The zero-order valence-corrected chi connectivity index (χ0v) is 31.6. The van der Waals surface area contributed by atoms with Gasteiger partial charge < -0.3 is 34.6 Å². The third kappa shape index (κ3) is 7.05. The van der Waals surface area contributed by atoms with Crippen LogP contribution in [0.2, 0.25) is 0 Å². The normalized spacial score (nSPS) is 19.4. The highest BCUT2D eigenvalue weighted by Gasteiger charge is 2.49. The molecule has 3 aromatic rings. The molecule has 288 valence electrons. The SMILES string of the molecule is COc1ccc2c(c1)C(C)(C)C(=CC1=C(O)C(C=C3N(Cc4cc([N+](=O)[O-])cc([N+](=O)[O-])c4)c4ccc(OC)cc4C3(C)C)[C+]1[O-])N2CCCCCC(=O)O. The van der Waals surface area contributed by atoms with Gasteiger partial charge in [-0.1, -0.05) is 20.3 Å². The molecule has 0 radical (unpaired) electrons. The first-order valence-corrected chi connectivity index (χ1v) is 18.0. The first-order valence-electron chi connectivity index (χ1n) is 18.0. The maximum Gasteiger partial charge on any atom is 0.303 e. The molecular weight excluding hydrogens is 708 g/mol. The number of benzene rings is 3. The fourth-order valence-electron chi connectivity index (χ4n) is 7.90. The van der Waals surface area contributed by atoms with Crippen LogP contribution in [0.15, 0.2) is 89.5 Å². The number of aliphatic hydroxyl groups is 1. The first-order chi connectivity index (χ1) is 26.0. The molecule has 1 aliphatic carbocycles. The fraction of sp³-hybridized carbons (Fsp3) is 0.366. The molecule has 0 bridgehead atoms. The number of ether oxygens (including phenoxy) is 2. The molecule has 14 heteroatoms. The molecule has 14 nitrogen and oxygen atoms in total. The van der Waals surface area contributed by atoms with Crippen molar-refractivity contribution in [3.63, 3.8) is 0 Å². The van der Waals surface area contributed by atoms with E-state index in [1.54, 1.807) is 32.4 Å². The summed E-state index contributed by atoms with van der Waals surface area (Å²) in [6.45, 7) is 8.59. The Morgan fingerprint density at radius 3 is 1.89 bits per heavy atom. The van der Waals surface area contributed by atoms with Crippen molar-refractivity contribution in [1.29, 1.82) is 0 Å². The summed E-state index contributed by atoms with van der Waals surface area (Å²) in [4.78, 5) is 37.2. The van der Waals surface area contributed by atoms with Gasteiger partial charge in [0.15, 0.2) is 5.57 Å². The number of unbranched alkanes of at least 4 members (excludes halogenated alkanes) is 2. The van der Waals surface area contributed by atoms with Crippen LogP contribution in [0.1, 0.15) is 70.1 Å². The smallest absolute Gasteiger partial charge is 0.303 e. The van der Waals surface area contributed by atoms with Gasteiger partial charge in [-0.25, -0.2) is 0 Å². The maximum absolute atomic E-state index is 14.1. The van der Waals surface area contributed by atoms with E-state index >= 15 is 0 Å². The lowest BCUT2D eigenvalue weighted by Crippen LogP contribution is -2.39. The number of methoxy groups -OCH3 is 2. The number of fused-ring (bicyclic) bond motifs is 2. The van der Waals surface area contributed by atoms with Crippen molar-refractivity contribution in [2.45, 2.75) is 70.8 Å². The summed E-state index contributed by atoms with van der Waals surface area (Å²) in [6.07, 6.45) is 5.21. The van der Waals surface area contributed by atoms with Gasteiger partial charge in [0.2, 0.25) is 5.76 Å². The summed E-state index contributed by atoms with van der Waals surface area (Å²) in [5.41, 5.74) is 3.29. The molecule has 3 aromatic carbocycles. The maximum atomic E-state index is 14.1. The lowest BCUT2D eigenvalue weighted by atomic mass is 9.75. The molecule has 2 N–H and O–H groups in total. The lowest BCUT2D eigenvalue weighted by molar-refractivity contribution is -0.394. The van der Waals surface area contributed by atoms with Gasteiger partial charge in [-0.3, -0.25) is 25.0 Å². The molecule has 0 spiro atoms. The molecule has 2 heterocycles. The molecule has 0 amide bonds. The van der Waals surface area contributed by atoms with E-state index < -0.39 is 43.9 Å². The van der Waals surface area contributed by atoms with Gasteiger partial charge in [-0.15, -0.1) is 0 Å². The lowest BCUT2D eigenvalue weighted by Gasteiger charge is -2.35. The second-order valence-electron chi connectivity index (χ2n) is 15.1. The summed E-state index contributed by atoms with van der Waals surface area (Å²) in [7, 11) is 3.15. The predicted molar refractivity (Wildman–Crippen MR) is 204 cm³/mol. The van der Waals surface area contributed by atoms with E-state index in [4.69, 9.17) is 14.6 Å². The van der Waals surface area contributed by atoms with Gasteiger partial charge in [-0.2, -0.15) is 0 Å². The molecule has 3 aliphatic rings. The van der Waals surface area contributed by atoms with Gasteiger partial charge in [0.05, 0.1) is 41.9 Å². The number of hydrogen-bond acceptors (Lipinski definition) is 11. The number of aliphatic hydroxyl groups excluding tert-OH is 1. The van der Waals surface area contributed by atoms with E-state index in [1.807, 2.05) is 62.9 Å². The number of carboxylic acid groups (broad SMARTS) is 1. The number of hydrogen-bond donors (Lipinski definition) is 2. The Morgan fingerprint density at radius 2 is 1.38 bits per heavy atom. The standard InChI is InChI=1S/C41H44N4O10/c1-40(2)31-19-27(54-5)11-13-33(31)42(15-9-7-8-10-37(46)47)35(40)21-29-38(48)30(39(29)49)22-36-41(3,4)32-20-28(55-6)12-14-34(32)43(36)23-24-16-25(44(50)51)18-26(17-24)45(52)53/h11-14,16-22,30,48H,7-10,15,23H2,1-6H3,(H,46,47). The third-order valence-corrected chi connectivity index (χ3v) is 10.9. The van der Waals surface area contributed by atoms with Crippen LogP contribution in [0.25, 0.3) is 0 Å². The van der Waals surface area contributed by atoms with Crippen LogP contribution in [-0.4, -0.2) is 46.8 Å². The van der Waals surface area contributed by atoms with Crippen molar-refractivity contribution < 1.29 is 39.4 Å². The molecular formula is C41H44N4O10. The Balaban J connectivity index is 1.39. The topological polar surface area (TPSA) is 192 Å². The Hall–Kier alpha value is -6.02. The number of aliphatic carboxylic acids is 1. The van der Waals surface area contributed by atoms with E-state index in [0.29, 0.717) is 48.6 Å². The molecule has 0 saturated carbocycles. The van der Waals surface area contributed by atoms with Gasteiger partial charge in [0, 0.05) is 59.5 Å². The average Bonchev–Trinajstić information content (AvgIpc) is 3.48. The van der Waals surface area contributed by atoms with Crippen LogP contribution in [0.4, 0.5) is 22.7 Å². The van der Waals surface area contributed by atoms with Crippen molar-refractivity contribution in [3.05, 3.63) is 132 Å². The Morgan fingerprint density at radius 1 is 0.836 bits per heavy atom. The summed E-state index contributed by atoms with van der Waals surface area (Å²) in [6, 6.07) is 14.8. The number of rotatable bonds is 14. The number of nitro groups is 2.